The lowest BCUT2D eigenvalue weighted by Gasteiger charge is -2.35. The van der Waals surface area contributed by atoms with Gasteiger partial charge in [-0.2, -0.15) is 0 Å². The average Bonchev–Trinajstić information content (AvgIpc) is 3.26. The molecule has 0 radical (unpaired) electrons. The first-order valence-corrected chi connectivity index (χ1v) is 11.3. The van der Waals surface area contributed by atoms with E-state index in [4.69, 9.17) is 11.6 Å². The van der Waals surface area contributed by atoms with Gasteiger partial charge in [0, 0.05) is 47.2 Å². The van der Waals surface area contributed by atoms with Crippen LogP contribution in [0.5, 0.6) is 0 Å². The maximum atomic E-state index is 13.5. The molecule has 32 heavy (non-hydrogen) atoms. The van der Waals surface area contributed by atoms with Crippen molar-refractivity contribution < 1.29 is 9.72 Å². The molecule has 2 aromatic carbocycles. The van der Waals surface area contributed by atoms with Crippen LogP contribution in [0.4, 0.5) is 5.69 Å². The number of carbonyl (C=O) groups is 1. The quantitative estimate of drug-likeness (QED) is 0.323. The van der Waals surface area contributed by atoms with Gasteiger partial charge >= 0.3 is 0 Å². The number of benzene rings is 2. The summed E-state index contributed by atoms with van der Waals surface area (Å²) in [6, 6.07) is 17.9. The van der Waals surface area contributed by atoms with Gasteiger partial charge in [0.05, 0.1) is 11.5 Å². The first-order valence-electron chi connectivity index (χ1n) is 11.0. The Morgan fingerprint density at radius 3 is 2.59 bits per heavy atom. The molecule has 7 heteroatoms. The molecule has 1 amide bonds. The largest absolute Gasteiger partial charge is 0.345 e. The Hall–Kier alpha value is -3.12. The maximum absolute atomic E-state index is 13.5. The van der Waals surface area contributed by atoms with Gasteiger partial charge in [-0.25, -0.2) is 0 Å². The topological polar surface area (TPSA) is 68.4 Å². The van der Waals surface area contributed by atoms with Gasteiger partial charge in [0.15, 0.2) is 0 Å². The lowest BCUT2D eigenvalue weighted by molar-refractivity contribution is -0.384. The Morgan fingerprint density at radius 1 is 1.06 bits per heavy atom. The second-order valence-corrected chi connectivity index (χ2v) is 8.66. The highest BCUT2D eigenvalue weighted by Crippen LogP contribution is 2.27. The van der Waals surface area contributed by atoms with E-state index in [-0.39, 0.29) is 17.6 Å². The predicted molar refractivity (Wildman–Crippen MR) is 125 cm³/mol. The SMILES string of the molecule is O=C(c1cccc([N+](=O)[O-])c1)N(Cc1cccn1Cc1ccccc1Cl)C1CCCCC1. The molecule has 0 saturated heterocycles. The maximum Gasteiger partial charge on any atom is 0.270 e. The molecule has 166 valence electrons. The second-order valence-electron chi connectivity index (χ2n) is 8.25. The van der Waals surface area contributed by atoms with E-state index in [2.05, 4.69) is 4.57 Å². The van der Waals surface area contributed by atoms with Crippen LogP contribution in [-0.4, -0.2) is 26.3 Å². The molecule has 0 aliphatic heterocycles. The smallest absolute Gasteiger partial charge is 0.270 e. The fraction of sp³-hybridized carbons (Fsp3) is 0.320. The van der Waals surface area contributed by atoms with Crippen molar-refractivity contribution in [3.8, 4) is 0 Å². The summed E-state index contributed by atoms with van der Waals surface area (Å²) in [6.45, 7) is 1.06. The highest BCUT2D eigenvalue weighted by molar-refractivity contribution is 6.31. The first kappa shape index (κ1) is 22.1. The van der Waals surface area contributed by atoms with Gasteiger partial charge in [0.2, 0.25) is 0 Å². The number of non-ortho nitro benzene ring substituents is 1. The summed E-state index contributed by atoms with van der Waals surface area (Å²) in [6.07, 6.45) is 7.25. The van der Waals surface area contributed by atoms with Crippen LogP contribution < -0.4 is 0 Å². The number of amides is 1. The minimum absolute atomic E-state index is 0.0680. The zero-order chi connectivity index (χ0) is 22.5. The third kappa shape index (κ3) is 5.02. The van der Waals surface area contributed by atoms with Crippen LogP contribution in [0.25, 0.3) is 0 Å². The summed E-state index contributed by atoms with van der Waals surface area (Å²) in [5.41, 5.74) is 2.31. The summed E-state index contributed by atoms with van der Waals surface area (Å²) < 4.78 is 2.11. The Labute approximate surface area is 192 Å². The van der Waals surface area contributed by atoms with Crippen LogP contribution in [-0.2, 0) is 13.1 Å². The number of carbonyl (C=O) groups excluding carboxylic acids is 1. The molecule has 0 atom stereocenters. The fourth-order valence-electron chi connectivity index (χ4n) is 4.41. The summed E-state index contributed by atoms with van der Waals surface area (Å²) in [7, 11) is 0. The van der Waals surface area contributed by atoms with E-state index in [1.807, 2.05) is 47.5 Å². The first-order chi connectivity index (χ1) is 15.5. The van der Waals surface area contributed by atoms with Crippen LogP contribution in [0.15, 0.2) is 66.9 Å². The van der Waals surface area contributed by atoms with E-state index in [1.165, 1.54) is 18.6 Å². The van der Waals surface area contributed by atoms with E-state index in [0.717, 1.165) is 36.9 Å². The van der Waals surface area contributed by atoms with E-state index in [0.29, 0.717) is 23.7 Å². The number of halogens is 1. The predicted octanol–water partition coefficient (Wildman–Crippen LogP) is 6.07. The normalized spacial score (nSPS) is 14.3. The monoisotopic (exact) mass is 451 g/mol. The van der Waals surface area contributed by atoms with Crippen LogP contribution in [0.1, 0.15) is 53.7 Å². The number of hydrogen-bond donors (Lipinski definition) is 0. The van der Waals surface area contributed by atoms with Crippen LogP contribution in [0.3, 0.4) is 0 Å². The van der Waals surface area contributed by atoms with E-state index >= 15 is 0 Å². The Kier molecular flexibility index (Phi) is 6.90. The van der Waals surface area contributed by atoms with E-state index in [1.54, 1.807) is 12.1 Å². The van der Waals surface area contributed by atoms with Crippen molar-refractivity contribution in [2.24, 2.45) is 0 Å². The van der Waals surface area contributed by atoms with Gasteiger partial charge in [-0.05, 0) is 42.7 Å². The lowest BCUT2D eigenvalue weighted by Crippen LogP contribution is -2.41. The van der Waals surface area contributed by atoms with Gasteiger partial charge in [0.25, 0.3) is 11.6 Å². The number of nitrogens with zero attached hydrogens (tertiary/aromatic N) is 3. The van der Waals surface area contributed by atoms with E-state index < -0.39 is 4.92 Å². The number of nitro benzene ring substituents is 1. The molecule has 1 aromatic heterocycles. The number of rotatable bonds is 7. The molecule has 1 aliphatic carbocycles. The number of nitro groups is 1. The molecule has 1 heterocycles. The zero-order valence-corrected chi connectivity index (χ0v) is 18.6. The number of aromatic nitrogens is 1. The van der Waals surface area contributed by atoms with Crippen molar-refractivity contribution in [2.45, 2.75) is 51.2 Å². The van der Waals surface area contributed by atoms with Gasteiger partial charge in [-0.1, -0.05) is 55.1 Å². The Morgan fingerprint density at radius 2 is 1.84 bits per heavy atom. The summed E-state index contributed by atoms with van der Waals surface area (Å²) in [5, 5.41) is 11.9. The average molecular weight is 452 g/mol. The lowest BCUT2D eigenvalue weighted by atomic mass is 9.93. The van der Waals surface area contributed by atoms with Gasteiger partial charge in [0.1, 0.15) is 0 Å². The summed E-state index contributed by atoms with van der Waals surface area (Å²) in [5.74, 6) is -0.161. The molecule has 4 rings (SSSR count). The molecule has 6 nitrogen and oxygen atoms in total. The fourth-order valence-corrected chi connectivity index (χ4v) is 4.61. The van der Waals surface area contributed by atoms with Crippen LogP contribution in [0.2, 0.25) is 5.02 Å². The minimum atomic E-state index is -0.462. The molecule has 0 N–H and O–H groups in total. The Bertz CT molecular complexity index is 1110. The Balaban J connectivity index is 1.62. The molecule has 1 saturated carbocycles. The molecule has 0 spiro atoms. The van der Waals surface area contributed by atoms with Crippen molar-refractivity contribution in [1.82, 2.24) is 9.47 Å². The van der Waals surface area contributed by atoms with Crippen molar-refractivity contribution in [3.63, 3.8) is 0 Å². The molecule has 3 aromatic rings. The van der Waals surface area contributed by atoms with Crippen molar-refractivity contribution >= 4 is 23.2 Å². The highest BCUT2D eigenvalue weighted by Gasteiger charge is 2.28. The standard InChI is InChI=1S/C25H26ClN3O3/c26-24-14-5-4-8-20(24)17-27-15-7-13-23(27)18-28(21-10-2-1-3-11-21)25(30)19-9-6-12-22(16-19)29(31)32/h4-9,12-16,21H,1-3,10-11,17-18H2. The summed E-state index contributed by atoms with van der Waals surface area (Å²) >= 11 is 6.36. The van der Waals surface area contributed by atoms with Crippen molar-refractivity contribution in [2.75, 3.05) is 0 Å². The summed E-state index contributed by atoms with van der Waals surface area (Å²) in [4.78, 5) is 26.2. The highest BCUT2D eigenvalue weighted by atomic mass is 35.5. The van der Waals surface area contributed by atoms with Crippen LogP contribution >= 0.6 is 11.6 Å². The van der Waals surface area contributed by atoms with Gasteiger partial charge in [-0.15, -0.1) is 0 Å². The molecule has 0 bridgehead atoms. The zero-order valence-electron chi connectivity index (χ0n) is 17.8. The van der Waals surface area contributed by atoms with Gasteiger partial charge < -0.3 is 9.47 Å². The molecular formula is C25H26ClN3O3. The third-order valence-corrected chi connectivity index (χ3v) is 6.50. The molecule has 1 fully saturated rings. The van der Waals surface area contributed by atoms with Crippen molar-refractivity contribution in [3.05, 3.63) is 98.8 Å². The molecular weight excluding hydrogens is 426 g/mol. The van der Waals surface area contributed by atoms with Crippen LogP contribution in [0, 0.1) is 10.1 Å². The minimum Gasteiger partial charge on any atom is -0.345 e. The third-order valence-electron chi connectivity index (χ3n) is 6.13. The number of hydrogen-bond acceptors (Lipinski definition) is 3. The molecule has 0 unspecified atom stereocenters. The molecule has 1 aliphatic rings. The van der Waals surface area contributed by atoms with Crippen molar-refractivity contribution in [1.29, 1.82) is 0 Å². The second kappa shape index (κ2) is 10.0. The van der Waals surface area contributed by atoms with Gasteiger partial charge in [-0.3, -0.25) is 14.9 Å². The van der Waals surface area contributed by atoms with E-state index in [9.17, 15) is 14.9 Å².